The molecule has 2 aromatic carbocycles. The lowest BCUT2D eigenvalue weighted by Crippen LogP contribution is -1.93. The maximum atomic E-state index is 10.2. The number of aryl methyl sites for hydroxylation is 3. The quantitative estimate of drug-likeness (QED) is 0.740. The third kappa shape index (κ3) is 2.68. The summed E-state index contributed by atoms with van der Waals surface area (Å²) in [4.78, 5) is 0. The average Bonchev–Trinajstić information content (AvgIpc) is 2.52. The van der Waals surface area contributed by atoms with Crippen LogP contribution in [0.5, 0.6) is 17.2 Å². The predicted octanol–water partition coefficient (Wildman–Crippen LogP) is 4.16. The van der Waals surface area contributed by atoms with Crippen molar-refractivity contribution in [1.82, 2.24) is 0 Å². The fourth-order valence-corrected chi connectivity index (χ4v) is 2.60. The topological polar surface area (TPSA) is 60.7 Å². The van der Waals surface area contributed by atoms with E-state index < -0.39 is 5.75 Å². The van der Waals surface area contributed by atoms with E-state index in [2.05, 4.69) is 19.9 Å². The van der Waals surface area contributed by atoms with Gasteiger partial charge >= 0.3 is 0 Å². The molecule has 0 radical (unpaired) electrons. The Morgan fingerprint density at radius 2 is 1.33 bits per heavy atom. The number of aromatic hydroxyl groups is 3. The highest BCUT2D eigenvalue weighted by Gasteiger charge is 2.18. The van der Waals surface area contributed by atoms with E-state index in [1.54, 1.807) is 6.07 Å². The van der Waals surface area contributed by atoms with Crippen molar-refractivity contribution in [3.8, 4) is 28.4 Å². The van der Waals surface area contributed by atoms with E-state index in [9.17, 15) is 15.3 Å². The SMILES string of the molecule is CCc1ccc(-c2cc(CC)c(O)c(O)c2O)c(CC)c1. The van der Waals surface area contributed by atoms with Gasteiger partial charge in [-0.05, 0) is 47.6 Å². The van der Waals surface area contributed by atoms with Crippen LogP contribution < -0.4 is 0 Å². The molecule has 0 amide bonds. The van der Waals surface area contributed by atoms with E-state index in [1.807, 2.05) is 19.1 Å². The minimum Gasteiger partial charge on any atom is -0.504 e. The summed E-state index contributed by atoms with van der Waals surface area (Å²) in [5, 5.41) is 30.0. The van der Waals surface area contributed by atoms with E-state index in [4.69, 9.17) is 0 Å². The average molecular weight is 286 g/mol. The third-order valence-electron chi connectivity index (χ3n) is 3.96. The highest BCUT2D eigenvalue weighted by atomic mass is 16.3. The highest BCUT2D eigenvalue weighted by Crippen LogP contribution is 2.45. The Balaban J connectivity index is 2.69. The fraction of sp³-hybridized carbons (Fsp3) is 0.333. The van der Waals surface area contributed by atoms with Crippen LogP contribution >= 0.6 is 0 Å². The Kier molecular flexibility index (Phi) is 4.41. The molecular formula is C18H22O3. The Morgan fingerprint density at radius 3 is 1.90 bits per heavy atom. The van der Waals surface area contributed by atoms with Crippen molar-refractivity contribution < 1.29 is 15.3 Å². The fourth-order valence-electron chi connectivity index (χ4n) is 2.60. The minimum absolute atomic E-state index is 0.234. The van der Waals surface area contributed by atoms with Gasteiger partial charge in [0.05, 0.1) is 0 Å². The molecule has 0 saturated carbocycles. The molecule has 0 heterocycles. The van der Waals surface area contributed by atoms with Gasteiger partial charge in [0.1, 0.15) is 0 Å². The second kappa shape index (κ2) is 6.08. The standard InChI is InChI=1S/C18H22O3/c1-4-11-7-8-14(12(5-2)9-11)15-10-13(6-3)16(19)18(21)17(15)20/h7-10,19-21H,4-6H2,1-3H3. The van der Waals surface area contributed by atoms with Crippen LogP contribution in [0.2, 0.25) is 0 Å². The van der Waals surface area contributed by atoms with Gasteiger partial charge < -0.3 is 15.3 Å². The van der Waals surface area contributed by atoms with Crippen molar-refractivity contribution in [3.63, 3.8) is 0 Å². The molecule has 21 heavy (non-hydrogen) atoms. The number of phenols is 3. The number of benzene rings is 2. The van der Waals surface area contributed by atoms with Gasteiger partial charge in [-0.1, -0.05) is 39.0 Å². The van der Waals surface area contributed by atoms with Gasteiger partial charge in [-0.2, -0.15) is 0 Å². The van der Waals surface area contributed by atoms with Crippen LogP contribution in [0, 0.1) is 0 Å². The Bertz CT molecular complexity index is 660. The van der Waals surface area contributed by atoms with Crippen molar-refractivity contribution in [3.05, 3.63) is 41.0 Å². The summed E-state index contributed by atoms with van der Waals surface area (Å²) >= 11 is 0. The monoisotopic (exact) mass is 286 g/mol. The first-order valence-corrected chi connectivity index (χ1v) is 7.42. The van der Waals surface area contributed by atoms with Crippen LogP contribution in [0.3, 0.4) is 0 Å². The van der Waals surface area contributed by atoms with Gasteiger partial charge in [0, 0.05) is 5.56 Å². The van der Waals surface area contributed by atoms with E-state index >= 15 is 0 Å². The number of hydrogen-bond donors (Lipinski definition) is 3. The van der Waals surface area contributed by atoms with E-state index in [0.29, 0.717) is 17.5 Å². The third-order valence-corrected chi connectivity index (χ3v) is 3.96. The molecule has 0 fully saturated rings. The molecule has 0 aliphatic heterocycles. The smallest absolute Gasteiger partial charge is 0.201 e. The summed E-state index contributed by atoms with van der Waals surface area (Å²) in [5.41, 5.74) is 4.46. The molecular weight excluding hydrogens is 264 g/mol. The van der Waals surface area contributed by atoms with E-state index in [1.165, 1.54) is 5.56 Å². The van der Waals surface area contributed by atoms with Gasteiger partial charge in [-0.15, -0.1) is 0 Å². The molecule has 3 nitrogen and oxygen atoms in total. The van der Waals surface area contributed by atoms with Crippen molar-refractivity contribution in [1.29, 1.82) is 0 Å². The molecule has 0 bridgehead atoms. The maximum Gasteiger partial charge on any atom is 0.201 e. The molecule has 0 spiro atoms. The molecule has 3 N–H and O–H groups in total. The van der Waals surface area contributed by atoms with Gasteiger partial charge in [-0.3, -0.25) is 0 Å². The summed E-state index contributed by atoms with van der Waals surface area (Å²) in [7, 11) is 0. The molecule has 3 heteroatoms. The first kappa shape index (κ1) is 15.2. The summed E-state index contributed by atoms with van der Waals surface area (Å²) in [6.07, 6.45) is 2.38. The molecule has 0 saturated heterocycles. The Hall–Kier alpha value is -2.16. The largest absolute Gasteiger partial charge is 0.504 e. The number of phenolic OH excluding ortho intramolecular Hbond substituents is 3. The number of rotatable bonds is 4. The Morgan fingerprint density at radius 1 is 0.667 bits per heavy atom. The summed E-state index contributed by atoms with van der Waals surface area (Å²) in [6, 6.07) is 7.89. The molecule has 0 aliphatic carbocycles. The van der Waals surface area contributed by atoms with Crippen LogP contribution in [-0.4, -0.2) is 15.3 Å². The molecule has 112 valence electrons. The van der Waals surface area contributed by atoms with E-state index in [0.717, 1.165) is 24.0 Å². The lowest BCUT2D eigenvalue weighted by atomic mass is 9.92. The molecule has 2 aromatic rings. The van der Waals surface area contributed by atoms with Crippen LogP contribution in [0.1, 0.15) is 37.5 Å². The molecule has 2 rings (SSSR count). The van der Waals surface area contributed by atoms with Gasteiger partial charge in [-0.25, -0.2) is 0 Å². The lowest BCUT2D eigenvalue weighted by Gasteiger charge is -2.15. The van der Waals surface area contributed by atoms with E-state index in [-0.39, 0.29) is 11.5 Å². The normalized spacial score (nSPS) is 10.8. The van der Waals surface area contributed by atoms with Gasteiger partial charge in [0.25, 0.3) is 0 Å². The molecule has 0 atom stereocenters. The molecule has 0 aliphatic rings. The predicted molar refractivity (Wildman–Crippen MR) is 85.0 cm³/mol. The van der Waals surface area contributed by atoms with Gasteiger partial charge in [0.2, 0.25) is 5.75 Å². The van der Waals surface area contributed by atoms with Crippen LogP contribution in [-0.2, 0) is 19.3 Å². The maximum absolute atomic E-state index is 10.2. The first-order chi connectivity index (χ1) is 10.0. The number of hydrogen-bond acceptors (Lipinski definition) is 3. The zero-order chi connectivity index (χ0) is 15.6. The molecule has 0 unspecified atom stereocenters. The second-order valence-electron chi connectivity index (χ2n) is 5.18. The van der Waals surface area contributed by atoms with Gasteiger partial charge in [0.15, 0.2) is 11.5 Å². The van der Waals surface area contributed by atoms with Crippen LogP contribution in [0.25, 0.3) is 11.1 Å². The Labute approximate surface area is 125 Å². The highest BCUT2D eigenvalue weighted by molar-refractivity contribution is 5.79. The van der Waals surface area contributed by atoms with Crippen molar-refractivity contribution in [2.75, 3.05) is 0 Å². The summed E-state index contributed by atoms with van der Waals surface area (Å²) in [5.74, 6) is -0.934. The van der Waals surface area contributed by atoms with Crippen LogP contribution in [0.4, 0.5) is 0 Å². The molecule has 0 aromatic heterocycles. The van der Waals surface area contributed by atoms with Crippen LogP contribution in [0.15, 0.2) is 24.3 Å². The van der Waals surface area contributed by atoms with Crippen molar-refractivity contribution >= 4 is 0 Å². The summed E-state index contributed by atoms with van der Waals surface area (Å²) < 4.78 is 0. The zero-order valence-electron chi connectivity index (χ0n) is 12.8. The second-order valence-corrected chi connectivity index (χ2v) is 5.18. The lowest BCUT2D eigenvalue weighted by molar-refractivity contribution is 0.366. The first-order valence-electron chi connectivity index (χ1n) is 7.42. The minimum atomic E-state index is -0.439. The summed E-state index contributed by atoms with van der Waals surface area (Å²) in [6.45, 7) is 6.07. The van der Waals surface area contributed by atoms with Crippen molar-refractivity contribution in [2.24, 2.45) is 0 Å². The zero-order valence-corrected chi connectivity index (χ0v) is 12.8. The van der Waals surface area contributed by atoms with Crippen molar-refractivity contribution in [2.45, 2.75) is 40.0 Å².